The Morgan fingerprint density at radius 3 is 2.45 bits per heavy atom. The molecule has 0 saturated heterocycles. The van der Waals surface area contributed by atoms with Crippen LogP contribution in [0.15, 0.2) is 42.5 Å². The molecule has 0 heterocycles. The van der Waals surface area contributed by atoms with Crippen LogP contribution in [-0.2, 0) is 17.8 Å². The summed E-state index contributed by atoms with van der Waals surface area (Å²) in [4.78, 5) is 11.9. The van der Waals surface area contributed by atoms with Crippen molar-refractivity contribution < 1.29 is 4.79 Å². The Kier molecular flexibility index (Phi) is 5.05. The summed E-state index contributed by atoms with van der Waals surface area (Å²) in [5, 5.41) is 4.01. The topological polar surface area (TPSA) is 29.1 Å². The molecule has 20 heavy (non-hydrogen) atoms. The van der Waals surface area contributed by atoms with Crippen LogP contribution in [0.1, 0.15) is 16.7 Å². The van der Waals surface area contributed by atoms with E-state index in [0.29, 0.717) is 23.0 Å². The number of amides is 1. The molecule has 104 valence electrons. The number of halogens is 2. The molecule has 2 aromatic carbocycles. The van der Waals surface area contributed by atoms with Crippen LogP contribution in [0.2, 0.25) is 10.0 Å². The number of aryl methyl sites for hydroxylation is 1. The summed E-state index contributed by atoms with van der Waals surface area (Å²) >= 11 is 11.9. The molecule has 0 aliphatic carbocycles. The number of hydrogen-bond donors (Lipinski definition) is 1. The Hall–Kier alpha value is -1.51. The van der Waals surface area contributed by atoms with Crippen molar-refractivity contribution in [2.45, 2.75) is 19.9 Å². The Balaban J connectivity index is 1.90. The van der Waals surface area contributed by atoms with Crippen LogP contribution >= 0.6 is 23.2 Å². The number of carbonyl (C=O) groups is 1. The van der Waals surface area contributed by atoms with Gasteiger partial charge in [-0.3, -0.25) is 4.79 Å². The van der Waals surface area contributed by atoms with Gasteiger partial charge in [0.05, 0.1) is 6.42 Å². The Morgan fingerprint density at radius 2 is 1.80 bits per heavy atom. The molecule has 1 amide bonds. The maximum absolute atomic E-state index is 11.9. The molecule has 0 unspecified atom stereocenters. The van der Waals surface area contributed by atoms with E-state index in [1.807, 2.05) is 37.3 Å². The van der Waals surface area contributed by atoms with Gasteiger partial charge >= 0.3 is 0 Å². The van der Waals surface area contributed by atoms with E-state index in [0.717, 1.165) is 11.1 Å². The first-order valence-corrected chi connectivity index (χ1v) is 7.06. The molecule has 0 aliphatic heterocycles. The monoisotopic (exact) mass is 307 g/mol. The molecule has 0 spiro atoms. The van der Waals surface area contributed by atoms with Crippen LogP contribution in [0, 0.1) is 6.92 Å². The molecule has 0 atom stereocenters. The van der Waals surface area contributed by atoms with E-state index in [-0.39, 0.29) is 5.91 Å². The van der Waals surface area contributed by atoms with Crippen LogP contribution in [0.3, 0.4) is 0 Å². The van der Waals surface area contributed by atoms with E-state index in [1.54, 1.807) is 12.1 Å². The molecule has 0 saturated carbocycles. The zero-order valence-corrected chi connectivity index (χ0v) is 12.6. The normalized spacial score (nSPS) is 10.3. The zero-order valence-electron chi connectivity index (χ0n) is 11.1. The fourth-order valence-electron chi connectivity index (χ4n) is 1.81. The highest BCUT2D eigenvalue weighted by Gasteiger charge is 2.05. The second-order valence-electron chi connectivity index (χ2n) is 4.67. The molecular formula is C16H15Cl2NO. The van der Waals surface area contributed by atoms with E-state index >= 15 is 0 Å². The molecule has 0 aromatic heterocycles. The van der Waals surface area contributed by atoms with E-state index in [1.165, 1.54) is 5.56 Å². The lowest BCUT2D eigenvalue weighted by Crippen LogP contribution is -2.24. The van der Waals surface area contributed by atoms with Gasteiger partial charge in [0.25, 0.3) is 0 Å². The summed E-state index contributed by atoms with van der Waals surface area (Å²) in [6.45, 7) is 2.42. The number of nitrogens with one attached hydrogen (secondary N) is 1. The van der Waals surface area contributed by atoms with Crippen LogP contribution in [-0.4, -0.2) is 5.91 Å². The fraction of sp³-hybridized carbons (Fsp3) is 0.188. The highest BCUT2D eigenvalue weighted by Crippen LogP contribution is 2.20. The number of benzene rings is 2. The summed E-state index contributed by atoms with van der Waals surface area (Å²) in [6.07, 6.45) is 0.367. The van der Waals surface area contributed by atoms with E-state index < -0.39 is 0 Å². The van der Waals surface area contributed by atoms with Crippen molar-refractivity contribution in [2.24, 2.45) is 0 Å². The van der Waals surface area contributed by atoms with Crippen molar-refractivity contribution in [3.63, 3.8) is 0 Å². The molecular weight excluding hydrogens is 293 g/mol. The van der Waals surface area contributed by atoms with E-state index in [2.05, 4.69) is 5.32 Å². The molecule has 0 bridgehead atoms. The Bertz CT molecular complexity index is 608. The van der Waals surface area contributed by atoms with Crippen molar-refractivity contribution in [3.8, 4) is 0 Å². The second kappa shape index (κ2) is 6.78. The maximum atomic E-state index is 11.9. The minimum atomic E-state index is -0.0279. The molecule has 2 rings (SSSR count). The SMILES string of the molecule is Cc1ccc(CC(=O)NCc2ccc(Cl)cc2Cl)cc1. The predicted octanol–water partition coefficient (Wildman–Crippen LogP) is 4.16. The van der Waals surface area contributed by atoms with Gasteiger partial charge in [0.15, 0.2) is 0 Å². The number of rotatable bonds is 4. The van der Waals surface area contributed by atoms with Gasteiger partial charge in [-0.05, 0) is 30.2 Å². The molecule has 1 N–H and O–H groups in total. The highest BCUT2D eigenvalue weighted by molar-refractivity contribution is 6.35. The van der Waals surface area contributed by atoms with Gasteiger partial charge in [-0.1, -0.05) is 59.1 Å². The van der Waals surface area contributed by atoms with Gasteiger partial charge in [-0.15, -0.1) is 0 Å². The summed E-state index contributed by atoms with van der Waals surface area (Å²) in [7, 11) is 0. The molecule has 2 nitrogen and oxygen atoms in total. The van der Waals surface area contributed by atoms with Crippen LogP contribution in [0.25, 0.3) is 0 Å². The van der Waals surface area contributed by atoms with Gasteiger partial charge < -0.3 is 5.32 Å². The van der Waals surface area contributed by atoms with Crippen molar-refractivity contribution in [3.05, 3.63) is 69.2 Å². The van der Waals surface area contributed by atoms with Gasteiger partial charge in [-0.25, -0.2) is 0 Å². The van der Waals surface area contributed by atoms with Crippen molar-refractivity contribution in [1.29, 1.82) is 0 Å². The fourth-order valence-corrected chi connectivity index (χ4v) is 2.29. The molecule has 4 heteroatoms. The van der Waals surface area contributed by atoms with Gasteiger partial charge in [-0.2, -0.15) is 0 Å². The Labute approximate surface area is 128 Å². The first kappa shape index (κ1) is 14.9. The summed E-state index contributed by atoms with van der Waals surface area (Å²) in [5.41, 5.74) is 3.03. The highest BCUT2D eigenvalue weighted by atomic mass is 35.5. The Morgan fingerprint density at radius 1 is 1.10 bits per heavy atom. The predicted molar refractivity (Wildman–Crippen MR) is 83.2 cm³/mol. The van der Waals surface area contributed by atoms with Gasteiger partial charge in [0.2, 0.25) is 5.91 Å². The summed E-state index contributed by atoms with van der Waals surface area (Å²) in [5.74, 6) is -0.0279. The van der Waals surface area contributed by atoms with Crippen LogP contribution in [0.5, 0.6) is 0 Å². The maximum Gasteiger partial charge on any atom is 0.224 e. The lowest BCUT2D eigenvalue weighted by molar-refractivity contribution is -0.120. The summed E-state index contributed by atoms with van der Waals surface area (Å²) in [6, 6.07) is 13.2. The second-order valence-corrected chi connectivity index (χ2v) is 5.52. The minimum absolute atomic E-state index is 0.0279. The molecule has 0 aliphatic rings. The lowest BCUT2D eigenvalue weighted by Gasteiger charge is -2.07. The number of hydrogen-bond acceptors (Lipinski definition) is 1. The van der Waals surface area contributed by atoms with Crippen LogP contribution < -0.4 is 5.32 Å². The van der Waals surface area contributed by atoms with E-state index in [9.17, 15) is 4.79 Å². The third kappa shape index (κ3) is 4.26. The van der Waals surface area contributed by atoms with Crippen molar-refractivity contribution >= 4 is 29.1 Å². The quantitative estimate of drug-likeness (QED) is 0.903. The van der Waals surface area contributed by atoms with Crippen molar-refractivity contribution in [2.75, 3.05) is 0 Å². The van der Waals surface area contributed by atoms with Gasteiger partial charge in [0, 0.05) is 16.6 Å². The van der Waals surface area contributed by atoms with Crippen LogP contribution in [0.4, 0.5) is 0 Å². The average Bonchev–Trinajstić information content (AvgIpc) is 2.40. The zero-order chi connectivity index (χ0) is 14.5. The first-order valence-electron chi connectivity index (χ1n) is 6.31. The van der Waals surface area contributed by atoms with E-state index in [4.69, 9.17) is 23.2 Å². The standard InChI is InChI=1S/C16H15Cl2NO/c1-11-2-4-12(5-3-11)8-16(20)19-10-13-6-7-14(17)9-15(13)18/h2-7,9H,8,10H2,1H3,(H,19,20). The molecule has 2 aromatic rings. The minimum Gasteiger partial charge on any atom is -0.352 e. The third-order valence-corrected chi connectivity index (χ3v) is 3.56. The van der Waals surface area contributed by atoms with Gasteiger partial charge in [0.1, 0.15) is 0 Å². The number of carbonyl (C=O) groups excluding carboxylic acids is 1. The largest absolute Gasteiger partial charge is 0.352 e. The molecule has 0 fully saturated rings. The molecule has 0 radical (unpaired) electrons. The average molecular weight is 308 g/mol. The van der Waals surface area contributed by atoms with Crippen molar-refractivity contribution in [1.82, 2.24) is 5.32 Å². The lowest BCUT2D eigenvalue weighted by atomic mass is 10.1. The summed E-state index contributed by atoms with van der Waals surface area (Å²) < 4.78 is 0. The first-order chi connectivity index (χ1) is 9.54. The third-order valence-electron chi connectivity index (χ3n) is 2.98. The smallest absolute Gasteiger partial charge is 0.224 e.